The molecule has 1 aromatic carbocycles. The van der Waals surface area contributed by atoms with Crippen molar-refractivity contribution >= 4 is 23.2 Å². The third-order valence-electron chi connectivity index (χ3n) is 1.91. The van der Waals surface area contributed by atoms with E-state index in [-0.39, 0.29) is 0 Å². The standard InChI is InChI=1S/C11H14Cl2O2/c1-11(2,14)6-7-4-8(12)5-9(13)10(7)15-3/h4-5,14H,6H2,1-3H3. The Hall–Kier alpha value is -0.440. The highest BCUT2D eigenvalue weighted by atomic mass is 35.5. The lowest BCUT2D eigenvalue weighted by molar-refractivity contribution is 0.0803. The molecule has 0 saturated carbocycles. The zero-order valence-electron chi connectivity index (χ0n) is 8.97. The van der Waals surface area contributed by atoms with Gasteiger partial charge in [-0.15, -0.1) is 0 Å². The first-order valence-corrected chi connectivity index (χ1v) is 5.33. The first-order chi connectivity index (χ1) is 6.83. The summed E-state index contributed by atoms with van der Waals surface area (Å²) in [5.74, 6) is 0.572. The molecule has 0 heterocycles. The van der Waals surface area contributed by atoms with Crippen LogP contribution in [0.4, 0.5) is 0 Å². The van der Waals surface area contributed by atoms with Gasteiger partial charge in [0.25, 0.3) is 0 Å². The second kappa shape index (κ2) is 4.60. The molecule has 0 bridgehead atoms. The maximum absolute atomic E-state index is 9.73. The molecule has 0 aliphatic rings. The van der Waals surface area contributed by atoms with Gasteiger partial charge >= 0.3 is 0 Å². The third-order valence-corrected chi connectivity index (χ3v) is 2.41. The Kier molecular flexibility index (Phi) is 3.87. The molecular weight excluding hydrogens is 235 g/mol. The molecule has 0 fully saturated rings. The molecule has 0 amide bonds. The van der Waals surface area contributed by atoms with Crippen LogP contribution >= 0.6 is 23.2 Å². The minimum atomic E-state index is -0.818. The van der Waals surface area contributed by atoms with E-state index in [1.165, 1.54) is 0 Å². The van der Waals surface area contributed by atoms with Crippen LogP contribution in [0, 0.1) is 0 Å². The Morgan fingerprint density at radius 1 is 1.33 bits per heavy atom. The van der Waals surface area contributed by atoms with Crippen LogP contribution in [-0.4, -0.2) is 17.8 Å². The zero-order valence-corrected chi connectivity index (χ0v) is 10.5. The maximum atomic E-state index is 9.73. The summed E-state index contributed by atoms with van der Waals surface area (Å²) >= 11 is 11.9. The van der Waals surface area contributed by atoms with Crippen LogP contribution in [0.25, 0.3) is 0 Å². The van der Waals surface area contributed by atoms with E-state index in [1.54, 1.807) is 33.1 Å². The average Bonchev–Trinajstić information content (AvgIpc) is 1.99. The molecule has 2 nitrogen and oxygen atoms in total. The molecule has 0 saturated heterocycles. The van der Waals surface area contributed by atoms with Crippen molar-refractivity contribution in [1.82, 2.24) is 0 Å². The van der Waals surface area contributed by atoms with Gasteiger partial charge < -0.3 is 9.84 Å². The van der Waals surface area contributed by atoms with Gasteiger partial charge in [-0.3, -0.25) is 0 Å². The summed E-state index contributed by atoms with van der Waals surface area (Å²) in [6.45, 7) is 3.45. The van der Waals surface area contributed by atoms with Gasteiger partial charge in [0.05, 0.1) is 17.7 Å². The smallest absolute Gasteiger partial charge is 0.140 e. The minimum absolute atomic E-state index is 0.441. The van der Waals surface area contributed by atoms with E-state index in [0.29, 0.717) is 22.2 Å². The summed E-state index contributed by atoms with van der Waals surface area (Å²) < 4.78 is 5.18. The highest BCUT2D eigenvalue weighted by Crippen LogP contribution is 2.34. The fourth-order valence-corrected chi connectivity index (χ4v) is 2.05. The number of aliphatic hydroxyl groups is 1. The van der Waals surface area contributed by atoms with Crippen molar-refractivity contribution in [3.05, 3.63) is 27.7 Å². The van der Waals surface area contributed by atoms with Gasteiger partial charge in [-0.25, -0.2) is 0 Å². The van der Waals surface area contributed by atoms with Crippen molar-refractivity contribution in [3.8, 4) is 5.75 Å². The number of ether oxygens (including phenoxy) is 1. The molecule has 0 aromatic heterocycles. The molecule has 0 radical (unpaired) electrons. The van der Waals surface area contributed by atoms with E-state index in [4.69, 9.17) is 27.9 Å². The van der Waals surface area contributed by atoms with E-state index < -0.39 is 5.60 Å². The molecule has 1 aromatic rings. The predicted octanol–water partition coefficient (Wildman–Crippen LogP) is 3.32. The number of methoxy groups -OCH3 is 1. The van der Waals surface area contributed by atoms with Gasteiger partial charge in [-0.05, 0) is 31.5 Å². The quantitative estimate of drug-likeness (QED) is 0.890. The van der Waals surface area contributed by atoms with Crippen molar-refractivity contribution in [1.29, 1.82) is 0 Å². The van der Waals surface area contributed by atoms with Crippen LogP contribution in [0.5, 0.6) is 5.75 Å². The molecule has 15 heavy (non-hydrogen) atoms. The topological polar surface area (TPSA) is 29.5 Å². The average molecular weight is 249 g/mol. The van der Waals surface area contributed by atoms with Crippen LogP contribution in [-0.2, 0) is 6.42 Å². The van der Waals surface area contributed by atoms with E-state index in [1.807, 2.05) is 0 Å². The summed E-state index contributed by atoms with van der Waals surface area (Å²) in [5, 5.41) is 10.7. The minimum Gasteiger partial charge on any atom is -0.495 e. The Balaban J connectivity index is 3.15. The molecule has 84 valence electrons. The molecule has 1 rings (SSSR count). The van der Waals surface area contributed by atoms with Gasteiger partial charge in [0.1, 0.15) is 5.75 Å². The summed E-state index contributed by atoms with van der Waals surface area (Å²) in [4.78, 5) is 0. The van der Waals surface area contributed by atoms with Gasteiger partial charge in [0, 0.05) is 11.4 Å². The zero-order chi connectivity index (χ0) is 11.6. The fourth-order valence-electron chi connectivity index (χ4n) is 1.44. The first kappa shape index (κ1) is 12.6. The van der Waals surface area contributed by atoms with Crippen LogP contribution in [0.15, 0.2) is 12.1 Å². The lowest BCUT2D eigenvalue weighted by Gasteiger charge is -2.19. The predicted molar refractivity (Wildman–Crippen MR) is 63.0 cm³/mol. The fraction of sp³-hybridized carbons (Fsp3) is 0.455. The molecule has 1 N–H and O–H groups in total. The number of hydrogen-bond acceptors (Lipinski definition) is 2. The highest BCUT2D eigenvalue weighted by molar-refractivity contribution is 6.35. The SMILES string of the molecule is COc1c(Cl)cc(Cl)cc1CC(C)(C)O. The van der Waals surface area contributed by atoms with E-state index in [0.717, 1.165) is 5.56 Å². The summed E-state index contributed by atoms with van der Waals surface area (Å²) in [6.07, 6.45) is 0.441. The Labute approximate surface area is 99.8 Å². The normalized spacial score (nSPS) is 11.6. The Morgan fingerprint density at radius 3 is 2.40 bits per heavy atom. The van der Waals surface area contributed by atoms with Crippen molar-refractivity contribution in [2.45, 2.75) is 25.9 Å². The second-order valence-electron chi connectivity index (χ2n) is 4.07. The lowest BCUT2D eigenvalue weighted by Crippen LogP contribution is -2.22. The van der Waals surface area contributed by atoms with Crippen molar-refractivity contribution in [2.24, 2.45) is 0 Å². The monoisotopic (exact) mass is 248 g/mol. The third kappa shape index (κ3) is 3.56. The Bertz CT molecular complexity index is 356. The van der Waals surface area contributed by atoms with Gasteiger partial charge in [0.15, 0.2) is 0 Å². The number of hydrogen-bond donors (Lipinski definition) is 1. The molecule has 4 heteroatoms. The molecular formula is C11H14Cl2O2. The van der Waals surface area contributed by atoms with E-state index >= 15 is 0 Å². The van der Waals surface area contributed by atoms with Gasteiger partial charge in [-0.1, -0.05) is 23.2 Å². The second-order valence-corrected chi connectivity index (χ2v) is 4.91. The van der Waals surface area contributed by atoms with E-state index in [2.05, 4.69) is 0 Å². The molecule has 0 atom stereocenters. The largest absolute Gasteiger partial charge is 0.495 e. The van der Waals surface area contributed by atoms with E-state index in [9.17, 15) is 5.11 Å². The highest BCUT2D eigenvalue weighted by Gasteiger charge is 2.18. The Morgan fingerprint density at radius 2 is 1.93 bits per heavy atom. The summed E-state index contributed by atoms with van der Waals surface area (Å²) in [7, 11) is 1.54. The maximum Gasteiger partial charge on any atom is 0.140 e. The summed E-state index contributed by atoms with van der Waals surface area (Å²) in [6, 6.07) is 3.38. The number of rotatable bonds is 3. The van der Waals surface area contributed by atoms with Crippen molar-refractivity contribution < 1.29 is 9.84 Å². The molecule has 0 spiro atoms. The van der Waals surface area contributed by atoms with Crippen LogP contribution in [0.1, 0.15) is 19.4 Å². The first-order valence-electron chi connectivity index (χ1n) is 4.58. The lowest BCUT2D eigenvalue weighted by atomic mass is 9.98. The van der Waals surface area contributed by atoms with Gasteiger partial charge in [-0.2, -0.15) is 0 Å². The van der Waals surface area contributed by atoms with Crippen LogP contribution in [0.2, 0.25) is 10.0 Å². The van der Waals surface area contributed by atoms with Crippen molar-refractivity contribution in [3.63, 3.8) is 0 Å². The number of halogens is 2. The molecule has 0 aliphatic carbocycles. The number of benzene rings is 1. The summed E-state index contributed by atoms with van der Waals surface area (Å²) in [5.41, 5.74) is -0.0103. The molecule has 0 unspecified atom stereocenters. The van der Waals surface area contributed by atoms with Crippen LogP contribution in [0.3, 0.4) is 0 Å². The van der Waals surface area contributed by atoms with Crippen molar-refractivity contribution in [2.75, 3.05) is 7.11 Å². The van der Waals surface area contributed by atoms with Gasteiger partial charge in [0.2, 0.25) is 0 Å². The molecule has 0 aliphatic heterocycles. The van der Waals surface area contributed by atoms with Crippen LogP contribution < -0.4 is 4.74 Å².